The third kappa shape index (κ3) is 5.10. The van der Waals surface area contributed by atoms with Gasteiger partial charge in [0.25, 0.3) is 0 Å². The molecule has 1 fully saturated rings. The van der Waals surface area contributed by atoms with Gasteiger partial charge in [-0.1, -0.05) is 44.2 Å². The van der Waals surface area contributed by atoms with Crippen molar-refractivity contribution in [2.45, 2.75) is 51.6 Å². The summed E-state index contributed by atoms with van der Waals surface area (Å²) in [5.74, 6) is 0.637. The van der Waals surface area contributed by atoms with Gasteiger partial charge in [0.1, 0.15) is 0 Å². The Morgan fingerprint density at radius 3 is 2.71 bits per heavy atom. The van der Waals surface area contributed by atoms with Crippen molar-refractivity contribution in [2.24, 2.45) is 5.92 Å². The maximum Gasteiger partial charge on any atom is 0.0632 e. The molecule has 1 N–H and O–H groups in total. The number of hydrazine groups is 1. The fourth-order valence-electron chi connectivity index (χ4n) is 3.10. The first-order valence-corrected chi connectivity index (χ1v) is 8.26. The summed E-state index contributed by atoms with van der Waals surface area (Å²) in [5, 5.41) is 2.42. The van der Waals surface area contributed by atoms with E-state index in [1.165, 1.54) is 24.8 Å². The summed E-state index contributed by atoms with van der Waals surface area (Å²) in [5.41, 5.74) is 5.20. The van der Waals surface area contributed by atoms with Crippen LogP contribution in [-0.2, 0) is 11.2 Å². The predicted octanol–water partition coefficient (Wildman–Crippen LogP) is 3.26. The van der Waals surface area contributed by atoms with Crippen molar-refractivity contribution in [2.75, 3.05) is 20.3 Å². The minimum absolute atomic E-state index is 0.530. The highest BCUT2D eigenvalue weighted by molar-refractivity contribution is 5.14. The SMILES string of the molecule is COC[C@@H]1CCCN1N[C@@H](CCc1ccccc1)C(C)C. The van der Waals surface area contributed by atoms with Gasteiger partial charge in [0, 0.05) is 25.7 Å². The lowest BCUT2D eigenvalue weighted by molar-refractivity contribution is 0.0617. The molecule has 0 saturated carbocycles. The molecule has 2 atom stereocenters. The van der Waals surface area contributed by atoms with Crippen LogP contribution in [0.15, 0.2) is 30.3 Å². The number of methoxy groups -OCH3 is 1. The smallest absolute Gasteiger partial charge is 0.0632 e. The van der Waals surface area contributed by atoms with E-state index in [4.69, 9.17) is 4.74 Å². The van der Waals surface area contributed by atoms with Crippen LogP contribution in [0.5, 0.6) is 0 Å². The normalized spacial score (nSPS) is 21.0. The highest BCUT2D eigenvalue weighted by Gasteiger charge is 2.27. The van der Waals surface area contributed by atoms with Crippen LogP contribution in [0, 0.1) is 5.92 Å². The molecule has 3 heteroatoms. The predicted molar refractivity (Wildman–Crippen MR) is 88.1 cm³/mol. The largest absolute Gasteiger partial charge is 0.383 e. The fourth-order valence-corrected chi connectivity index (χ4v) is 3.10. The Morgan fingerprint density at radius 1 is 1.29 bits per heavy atom. The standard InChI is InChI=1S/C18H30N2O/c1-15(2)18(12-11-16-8-5-4-6-9-16)19-20-13-7-10-17(20)14-21-3/h4-6,8-9,15,17-19H,7,10-14H2,1-3H3/t17-,18-/m0/s1. The zero-order valence-electron chi connectivity index (χ0n) is 13.7. The summed E-state index contributed by atoms with van der Waals surface area (Å²) in [7, 11) is 1.80. The van der Waals surface area contributed by atoms with E-state index < -0.39 is 0 Å². The molecule has 1 saturated heterocycles. The van der Waals surface area contributed by atoms with E-state index in [0.29, 0.717) is 18.0 Å². The van der Waals surface area contributed by atoms with Crippen molar-refractivity contribution in [3.05, 3.63) is 35.9 Å². The van der Waals surface area contributed by atoms with Gasteiger partial charge < -0.3 is 4.74 Å². The topological polar surface area (TPSA) is 24.5 Å². The third-order valence-corrected chi connectivity index (χ3v) is 4.46. The van der Waals surface area contributed by atoms with Gasteiger partial charge >= 0.3 is 0 Å². The van der Waals surface area contributed by atoms with E-state index in [1.54, 1.807) is 7.11 Å². The molecule has 118 valence electrons. The molecule has 1 heterocycles. The Bertz CT molecular complexity index is 393. The second kappa shape index (κ2) is 8.52. The Balaban J connectivity index is 1.87. The van der Waals surface area contributed by atoms with Crippen molar-refractivity contribution in [3.8, 4) is 0 Å². The highest BCUT2D eigenvalue weighted by atomic mass is 16.5. The van der Waals surface area contributed by atoms with Crippen LogP contribution < -0.4 is 5.43 Å². The lowest BCUT2D eigenvalue weighted by Gasteiger charge is -2.32. The van der Waals surface area contributed by atoms with Crippen LogP contribution in [0.2, 0.25) is 0 Å². The second-order valence-electron chi connectivity index (χ2n) is 6.45. The van der Waals surface area contributed by atoms with E-state index in [1.807, 2.05) is 0 Å². The number of benzene rings is 1. The number of aryl methyl sites for hydroxylation is 1. The molecule has 0 radical (unpaired) electrons. The van der Waals surface area contributed by atoms with Gasteiger partial charge in [0.05, 0.1) is 6.61 Å². The molecule has 1 aliphatic rings. The molecule has 3 nitrogen and oxygen atoms in total. The average Bonchev–Trinajstić information content (AvgIpc) is 2.92. The zero-order valence-corrected chi connectivity index (χ0v) is 13.7. The number of nitrogens with zero attached hydrogens (tertiary/aromatic N) is 1. The third-order valence-electron chi connectivity index (χ3n) is 4.46. The summed E-state index contributed by atoms with van der Waals surface area (Å²) in [6, 6.07) is 11.9. The quantitative estimate of drug-likeness (QED) is 0.795. The average molecular weight is 290 g/mol. The summed E-state index contributed by atoms with van der Waals surface area (Å²) >= 11 is 0. The highest BCUT2D eigenvalue weighted by Crippen LogP contribution is 2.18. The Labute approximate surface area is 129 Å². The van der Waals surface area contributed by atoms with Crippen LogP contribution in [0.4, 0.5) is 0 Å². The van der Waals surface area contributed by atoms with Gasteiger partial charge in [0.15, 0.2) is 0 Å². The minimum Gasteiger partial charge on any atom is -0.383 e. The van der Waals surface area contributed by atoms with E-state index in [2.05, 4.69) is 54.6 Å². The van der Waals surface area contributed by atoms with Gasteiger partial charge in [0.2, 0.25) is 0 Å². The first kappa shape index (κ1) is 16.5. The molecule has 0 amide bonds. The number of nitrogens with one attached hydrogen (secondary N) is 1. The van der Waals surface area contributed by atoms with E-state index in [-0.39, 0.29) is 0 Å². The van der Waals surface area contributed by atoms with Gasteiger partial charge in [-0.2, -0.15) is 0 Å². The molecule has 2 rings (SSSR count). The summed E-state index contributed by atoms with van der Waals surface area (Å²) < 4.78 is 5.35. The van der Waals surface area contributed by atoms with Crippen molar-refractivity contribution >= 4 is 0 Å². The summed E-state index contributed by atoms with van der Waals surface area (Å²) in [6.07, 6.45) is 4.83. The molecule has 0 bridgehead atoms. The van der Waals surface area contributed by atoms with Crippen LogP contribution >= 0.6 is 0 Å². The molecule has 1 aromatic rings. The molecular formula is C18H30N2O. The molecule has 1 aromatic carbocycles. The van der Waals surface area contributed by atoms with Gasteiger partial charge in [-0.05, 0) is 37.2 Å². The Morgan fingerprint density at radius 2 is 2.05 bits per heavy atom. The van der Waals surface area contributed by atoms with Gasteiger partial charge in [-0.3, -0.25) is 5.43 Å². The van der Waals surface area contributed by atoms with Gasteiger partial charge in [-0.15, -0.1) is 0 Å². The maximum atomic E-state index is 5.35. The molecule has 0 aromatic heterocycles. The lowest BCUT2D eigenvalue weighted by atomic mass is 9.97. The summed E-state index contributed by atoms with van der Waals surface area (Å²) in [4.78, 5) is 0. The van der Waals surface area contributed by atoms with Crippen LogP contribution in [0.25, 0.3) is 0 Å². The van der Waals surface area contributed by atoms with Crippen molar-refractivity contribution in [3.63, 3.8) is 0 Å². The van der Waals surface area contributed by atoms with Crippen molar-refractivity contribution in [1.82, 2.24) is 10.4 Å². The van der Waals surface area contributed by atoms with Crippen LogP contribution in [0.1, 0.15) is 38.7 Å². The molecule has 1 aliphatic heterocycles. The summed E-state index contributed by atoms with van der Waals surface area (Å²) in [6.45, 7) is 6.59. The molecule has 0 unspecified atom stereocenters. The van der Waals surface area contributed by atoms with E-state index in [9.17, 15) is 0 Å². The van der Waals surface area contributed by atoms with Gasteiger partial charge in [-0.25, -0.2) is 5.01 Å². The van der Waals surface area contributed by atoms with Crippen LogP contribution in [-0.4, -0.2) is 37.4 Å². The van der Waals surface area contributed by atoms with Crippen molar-refractivity contribution in [1.29, 1.82) is 0 Å². The molecule has 0 aliphatic carbocycles. The number of ether oxygens (including phenoxy) is 1. The van der Waals surface area contributed by atoms with E-state index >= 15 is 0 Å². The lowest BCUT2D eigenvalue weighted by Crippen LogP contribution is -2.50. The molecule has 21 heavy (non-hydrogen) atoms. The fraction of sp³-hybridized carbons (Fsp3) is 0.667. The Hall–Kier alpha value is -0.900. The first-order chi connectivity index (χ1) is 10.2. The zero-order chi connectivity index (χ0) is 15.1. The van der Waals surface area contributed by atoms with Crippen molar-refractivity contribution < 1.29 is 4.74 Å². The first-order valence-electron chi connectivity index (χ1n) is 8.26. The van der Waals surface area contributed by atoms with Crippen LogP contribution in [0.3, 0.4) is 0 Å². The second-order valence-corrected chi connectivity index (χ2v) is 6.45. The molecular weight excluding hydrogens is 260 g/mol. The number of rotatable bonds is 8. The van der Waals surface area contributed by atoms with E-state index in [0.717, 1.165) is 19.6 Å². The number of hydrogen-bond donors (Lipinski definition) is 1. The molecule has 0 spiro atoms. The monoisotopic (exact) mass is 290 g/mol. The number of hydrogen-bond acceptors (Lipinski definition) is 3. The minimum atomic E-state index is 0.530. The Kier molecular flexibility index (Phi) is 6.68. The maximum absolute atomic E-state index is 5.35.